The minimum Gasteiger partial charge on any atom is -0.372 e. The minimum atomic E-state index is -4.25. The van der Waals surface area contributed by atoms with E-state index in [4.69, 9.17) is 0 Å². The molecule has 0 radical (unpaired) electrons. The lowest BCUT2D eigenvalue weighted by Crippen LogP contribution is -2.33. The Bertz CT molecular complexity index is 384. The van der Waals surface area contributed by atoms with E-state index in [0.717, 1.165) is 23.9 Å². The van der Waals surface area contributed by atoms with E-state index in [0.29, 0.717) is 6.42 Å². The number of rotatable bonds is 9. The van der Waals surface area contributed by atoms with Crippen LogP contribution in [0.3, 0.4) is 0 Å². The molecule has 0 spiro atoms. The molecular weight excluding hydrogens is 355 g/mol. The first-order chi connectivity index (χ1) is 9.40. The Hall–Kier alpha value is -0.110. The highest BCUT2D eigenvalue weighted by Gasteiger charge is 2.27. The molecular formula is C13H19BrF3NOS. The average molecular weight is 374 g/mol. The van der Waals surface area contributed by atoms with E-state index in [1.807, 2.05) is 11.4 Å². The molecule has 0 aliphatic rings. The molecule has 1 aromatic rings. The Balaban J connectivity index is 2.35. The van der Waals surface area contributed by atoms with Crippen molar-refractivity contribution in [3.8, 4) is 0 Å². The van der Waals surface area contributed by atoms with E-state index in [1.54, 1.807) is 11.3 Å². The molecule has 1 aromatic heterocycles. The fourth-order valence-corrected chi connectivity index (χ4v) is 3.27. The van der Waals surface area contributed by atoms with Gasteiger partial charge in [0.15, 0.2) is 0 Å². The van der Waals surface area contributed by atoms with Crippen LogP contribution in [0.25, 0.3) is 0 Å². The van der Waals surface area contributed by atoms with E-state index in [2.05, 4.69) is 32.9 Å². The zero-order chi connectivity index (χ0) is 15.0. The summed E-state index contributed by atoms with van der Waals surface area (Å²) in [5, 5.41) is 5.36. The minimum absolute atomic E-state index is 0.118. The zero-order valence-electron chi connectivity index (χ0n) is 11.3. The van der Waals surface area contributed by atoms with Crippen molar-refractivity contribution in [1.82, 2.24) is 5.32 Å². The second-order valence-electron chi connectivity index (χ2n) is 4.54. The molecule has 1 unspecified atom stereocenters. The van der Waals surface area contributed by atoms with Crippen molar-refractivity contribution in [2.75, 3.05) is 19.8 Å². The van der Waals surface area contributed by atoms with Crippen LogP contribution in [0.1, 0.15) is 24.6 Å². The summed E-state index contributed by atoms with van der Waals surface area (Å²) in [7, 11) is 0. The highest BCUT2D eigenvalue weighted by Crippen LogP contribution is 2.21. The number of hydrogen-bond donors (Lipinski definition) is 1. The lowest BCUT2D eigenvalue weighted by Gasteiger charge is -2.18. The van der Waals surface area contributed by atoms with Gasteiger partial charge in [0.25, 0.3) is 0 Å². The summed E-state index contributed by atoms with van der Waals surface area (Å²) in [6.07, 6.45) is -1.86. The number of halogens is 4. The van der Waals surface area contributed by atoms with Crippen molar-refractivity contribution in [3.05, 3.63) is 20.8 Å². The second-order valence-corrected chi connectivity index (χ2v) is 6.45. The zero-order valence-corrected chi connectivity index (χ0v) is 13.7. The molecule has 1 N–H and O–H groups in total. The molecule has 0 saturated carbocycles. The summed E-state index contributed by atoms with van der Waals surface area (Å²) in [4.78, 5) is 1.21. The molecule has 1 heterocycles. The molecule has 20 heavy (non-hydrogen) atoms. The van der Waals surface area contributed by atoms with E-state index in [-0.39, 0.29) is 12.6 Å². The number of alkyl halides is 3. The van der Waals surface area contributed by atoms with Crippen molar-refractivity contribution in [3.63, 3.8) is 0 Å². The van der Waals surface area contributed by atoms with Gasteiger partial charge in [-0.3, -0.25) is 0 Å². The molecule has 0 aliphatic heterocycles. The van der Waals surface area contributed by atoms with Gasteiger partial charge in [0.05, 0.1) is 0 Å². The third-order valence-corrected chi connectivity index (χ3v) is 4.35. The summed E-state index contributed by atoms with van der Waals surface area (Å²) in [5.74, 6) is 0. The fraction of sp³-hybridized carbons (Fsp3) is 0.692. The summed E-state index contributed by atoms with van der Waals surface area (Å²) >= 11 is 5.05. The van der Waals surface area contributed by atoms with Gasteiger partial charge in [-0.1, -0.05) is 6.92 Å². The molecule has 0 saturated heterocycles. The van der Waals surface area contributed by atoms with Crippen molar-refractivity contribution in [2.45, 2.75) is 38.4 Å². The van der Waals surface area contributed by atoms with Crippen LogP contribution in [0.2, 0.25) is 0 Å². The summed E-state index contributed by atoms with van der Waals surface area (Å²) in [6, 6.07) is 2.19. The summed E-state index contributed by atoms with van der Waals surface area (Å²) in [5.41, 5.74) is 0. The maximum atomic E-state index is 12.0. The smallest absolute Gasteiger partial charge is 0.372 e. The van der Waals surface area contributed by atoms with Gasteiger partial charge in [-0.15, -0.1) is 11.3 Å². The molecule has 0 aliphatic carbocycles. The van der Waals surface area contributed by atoms with E-state index in [9.17, 15) is 13.2 Å². The van der Waals surface area contributed by atoms with Gasteiger partial charge in [0.1, 0.15) is 6.61 Å². The van der Waals surface area contributed by atoms with Crippen LogP contribution in [0.5, 0.6) is 0 Å². The van der Waals surface area contributed by atoms with Crippen LogP contribution in [-0.4, -0.2) is 32.0 Å². The van der Waals surface area contributed by atoms with Gasteiger partial charge in [0, 0.05) is 27.4 Å². The monoisotopic (exact) mass is 373 g/mol. The van der Waals surface area contributed by atoms with Crippen molar-refractivity contribution in [2.24, 2.45) is 0 Å². The Kier molecular flexibility index (Phi) is 8.09. The van der Waals surface area contributed by atoms with Crippen molar-refractivity contribution >= 4 is 27.3 Å². The molecule has 0 amide bonds. The Morgan fingerprint density at radius 2 is 2.20 bits per heavy atom. The van der Waals surface area contributed by atoms with Crippen LogP contribution in [-0.2, 0) is 11.2 Å². The SMILES string of the molecule is CCCNC(CCOCC(F)(F)F)Cc1cc(Br)cs1. The quantitative estimate of drug-likeness (QED) is 0.648. The van der Waals surface area contributed by atoms with Gasteiger partial charge < -0.3 is 10.1 Å². The van der Waals surface area contributed by atoms with E-state index in [1.165, 1.54) is 4.88 Å². The number of nitrogens with one attached hydrogen (secondary N) is 1. The molecule has 1 atom stereocenters. The largest absolute Gasteiger partial charge is 0.411 e. The van der Waals surface area contributed by atoms with Gasteiger partial charge >= 0.3 is 6.18 Å². The standard InChI is InChI=1S/C13H19BrF3NOS/c1-2-4-18-11(3-5-19-9-13(15,16)17)7-12-6-10(14)8-20-12/h6,8,11,18H,2-5,7,9H2,1H3. The highest BCUT2D eigenvalue weighted by molar-refractivity contribution is 9.10. The van der Waals surface area contributed by atoms with Gasteiger partial charge in [-0.2, -0.15) is 13.2 Å². The second kappa shape index (κ2) is 9.02. The predicted molar refractivity (Wildman–Crippen MR) is 79.3 cm³/mol. The molecule has 7 heteroatoms. The molecule has 116 valence electrons. The fourth-order valence-electron chi connectivity index (χ4n) is 1.74. The molecule has 0 fully saturated rings. The molecule has 0 bridgehead atoms. The topological polar surface area (TPSA) is 21.3 Å². The number of thiophene rings is 1. The number of ether oxygens (including phenoxy) is 1. The first-order valence-corrected chi connectivity index (χ1v) is 8.18. The van der Waals surface area contributed by atoms with Crippen LogP contribution in [0, 0.1) is 0 Å². The van der Waals surface area contributed by atoms with Crippen LogP contribution in [0.15, 0.2) is 15.9 Å². The maximum absolute atomic E-state index is 12.0. The van der Waals surface area contributed by atoms with Gasteiger partial charge in [0.2, 0.25) is 0 Å². The van der Waals surface area contributed by atoms with Crippen molar-refractivity contribution < 1.29 is 17.9 Å². The van der Waals surface area contributed by atoms with Gasteiger partial charge in [-0.25, -0.2) is 0 Å². The van der Waals surface area contributed by atoms with Crippen LogP contribution in [0.4, 0.5) is 13.2 Å². The normalized spacial score (nSPS) is 13.7. The first-order valence-electron chi connectivity index (χ1n) is 6.51. The van der Waals surface area contributed by atoms with E-state index >= 15 is 0 Å². The Labute approximate surface area is 129 Å². The summed E-state index contributed by atoms with van der Waals surface area (Å²) in [6.45, 7) is 1.87. The van der Waals surface area contributed by atoms with Crippen molar-refractivity contribution in [1.29, 1.82) is 0 Å². The Morgan fingerprint density at radius 3 is 2.75 bits per heavy atom. The Morgan fingerprint density at radius 1 is 1.45 bits per heavy atom. The van der Waals surface area contributed by atoms with Crippen LogP contribution >= 0.6 is 27.3 Å². The third kappa shape index (κ3) is 8.24. The maximum Gasteiger partial charge on any atom is 0.411 e. The molecule has 1 rings (SSSR count). The van der Waals surface area contributed by atoms with Gasteiger partial charge in [-0.05, 0) is 47.8 Å². The average Bonchev–Trinajstić information content (AvgIpc) is 2.75. The molecule has 0 aromatic carbocycles. The van der Waals surface area contributed by atoms with E-state index < -0.39 is 12.8 Å². The van der Waals surface area contributed by atoms with Crippen LogP contribution < -0.4 is 5.32 Å². The molecule has 2 nitrogen and oxygen atoms in total. The first kappa shape index (κ1) is 17.9. The lowest BCUT2D eigenvalue weighted by molar-refractivity contribution is -0.174. The summed E-state index contributed by atoms with van der Waals surface area (Å²) < 4.78 is 41.7. The lowest BCUT2D eigenvalue weighted by atomic mass is 10.1. The third-order valence-electron chi connectivity index (χ3n) is 2.63. The number of hydrogen-bond acceptors (Lipinski definition) is 3. The predicted octanol–water partition coefficient (Wildman–Crippen LogP) is 4.39. The highest BCUT2D eigenvalue weighted by atomic mass is 79.9.